The summed E-state index contributed by atoms with van der Waals surface area (Å²) in [4.78, 5) is 37.8. The van der Waals surface area contributed by atoms with E-state index in [0.29, 0.717) is 10.9 Å². The Morgan fingerprint density at radius 3 is 2.28 bits per heavy atom. The molecule has 0 spiro atoms. The van der Waals surface area contributed by atoms with Crippen molar-refractivity contribution in [3.63, 3.8) is 0 Å². The molecule has 0 unspecified atom stereocenters. The van der Waals surface area contributed by atoms with E-state index in [9.17, 15) is 22.8 Å². The first-order valence-corrected chi connectivity index (χ1v) is 10.9. The summed E-state index contributed by atoms with van der Waals surface area (Å²) in [7, 11) is -4.12. The smallest absolute Gasteiger partial charge is 0.328 e. The molecular weight excluding hydrogens is 436 g/mol. The third-order valence-corrected chi connectivity index (χ3v) is 5.70. The lowest BCUT2D eigenvalue weighted by atomic mass is 10.1. The van der Waals surface area contributed by atoms with Crippen LogP contribution in [0, 0.1) is 0 Å². The highest BCUT2D eigenvalue weighted by molar-refractivity contribution is 7.89. The summed E-state index contributed by atoms with van der Waals surface area (Å²) >= 11 is 0. The molecule has 11 heteroatoms. The van der Waals surface area contributed by atoms with Crippen molar-refractivity contribution >= 4 is 38.7 Å². The number of carbonyl (C=O) groups excluding carboxylic acids is 1. The van der Waals surface area contributed by atoms with Crippen molar-refractivity contribution in [3.05, 3.63) is 76.2 Å². The van der Waals surface area contributed by atoms with Gasteiger partial charge < -0.3 is 5.11 Å². The Bertz CT molecular complexity index is 1380. The van der Waals surface area contributed by atoms with Crippen molar-refractivity contribution < 1.29 is 23.1 Å². The minimum Gasteiger partial charge on any atom is -0.478 e. The molecule has 10 nitrogen and oxygen atoms in total. The van der Waals surface area contributed by atoms with E-state index in [1.54, 1.807) is 38.1 Å². The highest BCUT2D eigenvalue weighted by Gasteiger charge is 2.20. The molecule has 0 aliphatic rings. The highest BCUT2D eigenvalue weighted by atomic mass is 32.2. The summed E-state index contributed by atoms with van der Waals surface area (Å²) in [6, 6.07) is 11.5. The van der Waals surface area contributed by atoms with Crippen LogP contribution in [0.4, 0.5) is 0 Å². The number of carbonyl (C=O) groups is 2. The van der Waals surface area contributed by atoms with Gasteiger partial charge in [0.25, 0.3) is 21.5 Å². The first-order valence-electron chi connectivity index (χ1n) is 9.45. The molecule has 0 radical (unpaired) electrons. The van der Waals surface area contributed by atoms with Crippen molar-refractivity contribution in [2.75, 3.05) is 0 Å². The van der Waals surface area contributed by atoms with E-state index in [2.05, 4.69) is 10.5 Å². The van der Waals surface area contributed by atoms with E-state index in [1.807, 2.05) is 4.83 Å². The lowest BCUT2D eigenvalue weighted by molar-refractivity contribution is -0.131. The second-order valence-corrected chi connectivity index (χ2v) is 8.72. The number of rotatable bonds is 7. The highest BCUT2D eigenvalue weighted by Crippen LogP contribution is 2.15. The molecule has 1 amide bonds. The molecule has 0 saturated heterocycles. The van der Waals surface area contributed by atoms with Crippen LogP contribution >= 0.6 is 0 Å². The van der Waals surface area contributed by atoms with Crippen LogP contribution in [-0.2, 0) is 14.8 Å². The molecule has 3 rings (SSSR count). The zero-order chi connectivity index (χ0) is 23.5. The quantitative estimate of drug-likeness (QED) is 0.362. The van der Waals surface area contributed by atoms with E-state index in [1.165, 1.54) is 30.3 Å². The topological polar surface area (TPSA) is 147 Å². The predicted molar refractivity (Wildman–Crippen MR) is 117 cm³/mol. The number of hydrogen-bond donors (Lipinski definition) is 3. The summed E-state index contributed by atoms with van der Waals surface area (Å²) in [5.41, 5.74) is 2.15. The number of aromatic nitrogens is 2. The Kier molecular flexibility index (Phi) is 6.51. The summed E-state index contributed by atoms with van der Waals surface area (Å²) in [6.45, 7) is 3.48. The van der Waals surface area contributed by atoms with Crippen molar-refractivity contribution in [2.24, 2.45) is 0 Å². The number of hydrazine groups is 1. The fourth-order valence-electron chi connectivity index (χ4n) is 2.88. The summed E-state index contributed by atoms with van der Waals surface area (Å²) < 4.78 is 26.2. The second-order valence-electron chi connectivity index (χ2n) is 7.04. The van der Waals surface area contributed by atoms with Crippen molar-refractivity contribution in [1.29, 1.82) is 0 Å². The first kappa shape index (κ1) is 22.8. The average Bonchev–Trinajstić information content (AvgIpc) is 2.76. The molecule has 3 aromatic rings. The molecule has 1 aromatic heterocycles. The Labute approximate surface area is 183 Å². The summed E-state index contributed by atoms with van der Waals surface area (Å²) in [5, 5.41) is 13.3. The van der Waals surface area contributed by atoms with E-state index in [4.69, 9.17) is 5.11 Å². The number of aliphatic carboxylic acids is 1. The fraction of sp³-hybridized carbons (Fsp3) is 0.143. The molecular formula is C21H20N4O6S. The Morgan fingerprint density at radius 2 is 1.69 bits per heavy atom. The van der Waals surface area contributed by atoms with Gasteiger partial charge in [-0.05, 0) is 43.7 Å². The number of carboxylic acids is 1. The molecule has 32 heavy (non-hydrogen) atoms. The third-order valence-electron chi connectivity index (χ3n) is 4.44. The SMILES string of the molecule is CC(C)n1nc(C(=O)NNS(=O)(=O)c2ccc(/C=C/C(=O)O)cc2)c2ccccc2c1=O. The van der Waals surface area contributed by atoms with Gasteiger partial charge in [0, 0.05) is 11.5 Å². The van der Waals surface area contributed by atoms with Gasteiger partial charge in [0.1, 0.15) is 0 Å². The molecule has 1 heterocycles. The molecule has 2 aromatic carbocycles. The van der Waals surface area contributed by atoms with Crippen molar-refractivity contribution in [2.45, 2.75) is 24.8 Å². The van der Waals surface area contributed by atoms with Gasteiger partial charge in [0.2, 0.25) is 0 Å². The predicted octanol–water partition coefficient (Wildman–Crippen LogP) is 1.70. The lowest BCUT2D eigenvalue weighted by Crippen LogP contribution is -2.42. The van der Waals surface area contributed by atoms with Crippen molar-refractivity contribution in [3.8, 4) is 0 Å². The molecule has 0 bridgehead atoms. The minimum absolute atomic E-state index is 0.106. The van der Waals surface area contributed by atoms with E-state index in [0.717, 1.165) is 10.8 Å². The number of amides is 1. The minimum atomic E-state index is -4.12. The molecule has 0 atom stereocenters. The number of benzene rings is 2. The number of fused-ring (bicyclic) bond motifs is 1. The fourth-order valence-corrected chi connectivity index (χ4v) is 3.72. The van der Waals surface area contributed by atoms with Crippen LogP contribution < -0.4 is 15.8 Å². The summed E-state index contributed by atoms with van der Waals surface area (Å²) in [6.07, 6.45) is 2.24. The van der Waals surface area contributed by atoms with Gasteiger partial charge in [-0.1, -0.05) is 30.3 Å². The zero-order valence-corrected chi connectivity index (χ0v) is 18.0. The van der Waals surface area contributed by atoms with Gasteiger partial charge in [-0.3, -0.25) is 15.0 Å². The maximum absolute atomic E-state index is 12.7. The van der Waals surface area contributed by atoms with Gasteiger partial charge in [0.05, 0.1) is 16.3 Å². The van der Waals surface area contributed by atoms with Crippen LogP contribution in [0.3, 0.4) is 0 Å². The van der Waals surface area contributed by atoms with Crippen molar-refractivity contribution in [1.82, 2.24) is 20.0 Å². The third kappa shape index (κ3) is 4.90. The molecule has 0 fully saturated rings. The maximum Gasteiger partial charge on any atom is 0.328 e. The van der Waals surface area contributed by atoms with Crippen LogP contribution in [0.5, 0.6) is 0 Å². The largest absolute Gasteiger partial charge is 0.478 e. The Morgan fingerprint density at radius 1 is 1.06 bits per heavy atom. The monoisotopic (exact) mass is 456 g/mol. The standard InChI is InChI=1S/C21H20N4O6S/c1-13(2)25-21(29)17-6-4-3-5-16(17)19(23-25)20(28)22-24-32(30,31)15-10-7-14(8-11-15)9-12-18(26)27/h3-13,24H,1-2H3,(H,22,28)(H,26,27)/b12-9+. The second kappa shape index (κ2) is 9.12. The average molecular weight is 456 g/mol. The van der Waals surface area contributed by atoms with Crippen LogP contribution in [0.2, 0.25) is 0 Å². The molecule has 0 saturated carbocycles. The molecule has 3 N–H and O–H groups in total. The number of nitrogens with zero attached hydrogens (tertiary/aromatic N) is 2. The number of sulfonamides is 1. The Hall–Kier alpha value is -3.83. The normalized spacial score (nSPS) is 11.8. The number of nitrogens with one attached hydrogen (secondary N) is 2. The molecule has 166 valence electrons. The zero-order valence-electron chi connectivity index (χ0n) is 17.1. The van der Waals surface area contributed by atoms with Gasteiger partial charge in [-0.2, -0.15) is 5.10 Å². The first-order chi connectivity index (χ1) is 15.1. The lowest BCUT2D eigenvalue weighted by Gasteiger charge is -2.14. The van der Waals surface area contributed by atoms with Crippen LogP contribution in [0.1, 0.15) is 35.9 Å². The van der Waals surface area contributed by atoms with Gasteiger partial charge >= 0.3 is 5.97 Å². The van der Waals surface area contributed by atoms with E-state index < -0.39 is 21.9 Å². The van der Waals surface area contributed by atoms with Crippen LogP contribution in [0.15, 0.2) is 64.3 Å². The van der Waals surface area contributed by atoms with Crippen LogP contribution in [-0.4, -0.2) is 35.2 Å². The van der Waals surface area contributed by atoms with Crippen LogP contribution in [0.25, 0.3) is 16.8 Å². The van der Waals surface area contributed by atoms with E-state index in [-0.39, 0.29) is 27.6 Å². The van der Waals surface area contributed by atoms with E-state index >= 15 is 0 Å². The number of hydrogen-bond acceptors (Lipinski definition) is 6. The van der Waals surface area contributed by atoms with Gasteiger partial charge in [0.15, 0.2) is 5.69 Å². The molecule has 0 aliphatic heterocycles. The van der Waals surface area contributed by atoms with Gasteiger partial charge in [-0.15, -0.1) is 4.83 Å². The maximum atomic E-state index is 12.7. The number of carboxylic acid groups (broad SMARTS) is 1. The molecule has 0 aliphatic carbocycles. The summed E-state index contributed by atoms with van der Waals surface area (Å²) in [5.74, 6) is -1.96. The van der Waals surface area contributed by atoms with Gasteiger partial charge in [-0.25, -0.2) is 17.9 Å². The Balaban J connectivity index is 1.85.